The van der Waals surface area contributed by atoms with Crippen LogP contribution < -0.4 is 15.1 Å². The van der Waals surface area contributed by atoms with Crippen LogP contribution in [0.25, 0.3) is 11.6 Å². The van der Waals surface area contributed by atoms with E-state index in [0.29, 0.717) is 18.3 Å². The molecular formula is C24H32N8O. The number of nitrogens with one attached hydrogen (secondary N) is 1. The van der Waals surface area contributed by atoms with E-state index in [1.54, 1.807) is 13.3 Å². The maximum absolute atomic E-state index is 5.25. The standard InChI is InChI=1S/C24H32N8O/c1-16(2)17-12-23(28-25-13-17)27-22-8-7-21-20(26-22)11-18(14-31(21)4)19-15-32(5)29-24(19)30(3)9-10-33-6/h7-8,11-13,15-16H,9-10,14H2,1-6H3,(H,26,27,28). The zero-order valence-corrected chi connectivity index (χ0v) is 20.2. The first kappa shape index (κ1) is 22.7. The molecule has 0 fully saturated rings. The number of nitrogens with zero attached hydrogens (tertiary/aromatic N) is 7. The average Bonchev–Trinajstić information content (AvgIpc) is 3.19. The molecule has 174 valence electrons. The van der Waals surface area contributed by atoms with Crippen molar-refractivity contribution in [3.8, 4) is 0 Å². The molecule has 1 N–H and O–H groups in total. The number of hydrogen-bond donors (Lipinski definition) is 1. The summed E-state index contributed by atoms with van der Waals surface area (Å²) in [6.07, 6.45) is 6.02. The molecule has 1 aliphatic heterocycles. The fraction of sp³-hybridized carbons (Fsp3) is 0.417. The van der Waals surface area contributed by atoms with Crippen molar-refractivity contribution in [1.29, 1.82) is 0 Å². The molecule has 0 unspecified atom stereocenters. The van der Waals surface area contributed by atoms with Gasteiger partial charge in [-0.05, 0) is 41.3 Å². The molecule has 3 aromatic rings. The van der Waals surface area contributed by atoms with Crippen LogP contribution in [-0.4, -0.2) is 65.9 Å². The van der Waals surface area contributed by atoms with E-state index in [1.165, 1.54) is 5.57 Å². The maximum atomic E-state index is 5.25. The van der Waals surface area contributed by atoms with Gasteiger partial charge in [-0.25, -0.2) is 4.98 Å². The Bertz CT molecular complexity index is 1150. The molecule has 0 saturated heterocycles. The first-order chi connectivity index (χ1) is 15.9. The summed E-state index contributed by atoms with van der Waals surface area (Å²) in [5.74, 6) is 2.75. The smallest absolute Gasteiger partial charge is 0.158 e. The van der Waals surface area contributed by atoms with Crippen LogP contribution in [0.15, 0.2) is 30.6 Å². The predicted octanol–water partition coefficient (Wildman–Crippen LogP) is 3.55. The van der Waals surface area contributed by atoms with E-state index in [9.17, 15) is 0 Å². The van der Waals surface area contributed by atoms with Gasteiger partial charge in [-0.1, -0.05) is 13.8 Å². The quantitative estimate of drug-likeness (QED) is 0.560. The van der Waals surface area contributed by atoms with Gasteiger partial charge in [0.05, 0.1) is 24.2 Å². The Morgan fingerprint density at radius 3 is 2.79 bits per heavy atom. The van der Waals surface area contributed by atoms with Crippen LogP contribution in [-0.2, 0) is 11.8 Å². The molecule has 0 spiro atoms. The molecule has 9 nitrogen and oxygen atoms in total. The van der Waals surface area contributed by atoms with E-state index < -0.39 is 0 Å². The average molecular weight is 449 g/mol. The lowest BCUT2D eigenvalue weighted by Gasteiger charge is -2.28. The summed E-state index contributed by atoms with van der Waals surface area (Å²) in [6.45, 7) is 6.47. The lowest BCUT2D eigenvalue weighted by atomic mass is 10.0. The Kier molecular flexibility index (Phi) is 6.60. The second kappa shape index (κ2) is 9.58. The minimum atomic E-state index is 0.382. The van der Waals surface area contributed by atoms with Crippen molar-refractivity contribution >= 4 is 34.8 Å². The number of ether oxygens (including phenoxy) is 1. The highest BCUT2D eigenvalue weighted by atomic mass is 16.5. The number of aromatic nitrogens is 5. The van der Waals surface area contributed by atoms with Gasteiger partial charge in [-0.15, -0.1) is 5.10 Å². The number of aryl methyl sites for hydroxylation is 1. The lowest BCUT2D eigenvalue weighted by Crippen LogP contribution is -2.26. The van der Waals surface area contributed by atoms with Gasteiger partial charge in [0.1, 0.15) is 5.82 Å². The largest absolute Gasteiger partial charge is 0.383 e. The van der Waals surface area contributed by atoms with Gasteiger partial charge in [0.15, 0.2) is 11.6 Å². The highest BCUT2D eigenvalue weighted by Gasteiger charge is 2.22. The molecule has 3 aromatic heterocycles. The number of methoxy groups -OCH3 is 1. The van der Waals surface area contributed by atoms with Gasteiger partial charge in [-0.2, -0.15) is 10.2 Å². The molecule has 4 heterocycles. The van der Waals surface area contributed by atoms with Crippen molar-refractivity contribution in [2.75, 3.05) is 56.0 Å². The van der Waals surface area contributed by atoms with Crippen molar-refractivity contribution in [3.05, 3.63) is 47.4 Å². The van der Waals surface area contributed by atoms with Crippen LogP contribution in [0.2, 0.25) is 0 Å². The van der Waals surface area contributed by atoms with Crippen molar-refractivity contribution in [2.24, 2.45) is 7.05 Å². The predicted molar refractivity (Wildman–Crippen MR) is 133 cm³/mol. The molecule has 0 saturated carbocycles. The van der Waals surface area contributed by atoms with E-state index in [2.05, 4.69) is 64.5 Å². The highest BCUT2D eigenvalue weighted by Crippen LogP contribution is 2.35. The fourth-order valence-electron chi connectivity index (χ4n) is 3.89. The Balaban J connectivity index is 1.65. The van der Waals surface area contributed by atoms with Gasteiger partial charge in [-0.3, -0.25) is 4.68 Å². The number of hydrogen-bond acceptors (Lipinski definition) is 8. The third-order valence-corrected chi connectivity index (χ3v) is 5.78. The van der Waals surface area contributed by atoms with E-state index in [1.807, 2.05) is 30.9 Å². The first-order valence-corrected chi connectivity index (χ1v) is 11.1. The third kappa shape index (κ3) is 4.98. The summed E-state index contributed by atoms with van der Waals surface area (Å²) in [5.41, 5.74) is 5.40. The van der Waals surface area contributed by atoms with Gasteiger partial charge in [0, 0.05) is 53.1 Å². The van der Waals surface area contributed by atoms with Crippen molar-refractivity contribution in [1.82, 2.24) is 25.0 Å². The van der Waals surface area contributed by atoms with Gasteiger partial charge in [0.25, 0.3) is 0 Å². The Labute approximate surface area is 195 Å². The number of pyridine rings is 1. The molecule has 1 aliphatic rings. The summed E-state index contributed by atoms with van der Waals surface area (Å²) < 4.78 is 7.10. The molecule has 33 heavy (non-hydrogen) atoms. The molecule has 0 aromatic carbocycles. The van der Waals surface area contributed by atoms with Crippen LogP contribution in [0.3, 0.4) is 0 Å². The van der Waals surface area contributed by atoms with Crippen LogP contribution >= 0.6 is 0 Å². The molecule has 9 heteroatoms. The number of anilines is 4. The SMILES string of the molecule is COCCN(C)c1nn(C)cc1C1=Cc2nc(Nc3cc(C(C)C)cnn3)ccc2N(C)C1. The lowest BCUT2D eigenvalue weighted by molar-refractivity contribution is 0.206. The number of likely N-dealkylation sites (N-methyl/N-ethyl adjacent to an activating group) is 2. The number of rotatable bonds is 8. The van der Waals surface area contributed by atoms with Crippen molar-refractivity contribution in [2.45, 2.75) is 19.8 Å². The molecule has 4 rings (SSSR count). The van der Waals surface area contributed by atoms with Gasteiger partial charge < -0.3 is 19.9 Å². The summed E-state index contributed by atoms with van der Waals surface area (Å²) >= 11 is 0. The van der Waals surface area contributed by atoms with E-state index in [4.69, 9.17) is 14.8 Å². The second-order valence-corrected chi connectivity index (χ2v) is 8.73. The van der Waals surface area contributed by atoms with Crippen molar-refractivity contribution < 1.29 is 4.74 Å². The summed E-state index contributed by atoms with van der Waals surface area (Å²) in [6, 6.07) is 6.09. The normalized spacial score (nSPS) is 13.2. The summed E-state index contributed by atoms with van der Waals surface area (Å²) in [5, 5.41) is 16.3. The molecule has 0 atom stereocenters. The topological polar surface area (TPSA) is 84.2 Å². The second-order valence-electron chi connectivity index (χ2n) is 8.73. The van der Waals surface area contributed by atoms with Gasteiger partial charge in [0.2, 0.25) is 0 Å². The zero-order chi connectivity index (χ0) is 23.5. The third-order valence-electron chi connectivity index (χ3n) is 5.78. The monoisotopic (exact) mass is 448 g/mol. The highest BCUT2D eigenvalue weighted by molar-refractivity contribution is 5.93. The van der Waals surface area contributed by atoms with Crippen LogP contribution in [0.5, 0.6) is 0 Å². The maximum Gasteiger partial charge on any atom is 0.158 e. The fourth-order valence-corrected chi connectivity index (χ4v) is 3.89. The van der Waals surface area contributed by atoms with Crippen molar-refractivity contribution in [3.63, 3.8) is 0 Å². The molecule has 0 aliphatic carbocycles. The van der Waals surface area contributed by atoms with E-state index in [-0.39, 0.29) is 0 Å². The van der Waals surface area contributed by atoms with Gasteiger partial charge >= 0.3 is 0 Å². The van der Waals surface area contributed by atoms with E-state index >= 15 is 0 Å². The minimum absolute atomic E-state index is 0.382. The van der Waals surface area contributed by atoms with E-state index in [0.717, 1.165) is 47.2 Å². The minimum Gasteiger partial charge on any atom is -0.383 e. The van der Waals surface area contributed by atoms with Crippen LogP contribution in [0.1, 0.15) is 36.6 Å². The van der Waals surface area contributed by atoms with Crippen LogP contribution in [0.4, 0.5) is 23.1 Å². The molecule has 0 amide bonds. The zero-order valence-electron chi connectivity index (χ0n) is 20.2. The Morgan fingerprint density at radius 2 is 2.03 bits per heavy atom. The molecule has 0 radical (unpaired) electrons. The summed E-state index contributed by atoms with van der Waals surface area (Å²) in [4.78, 5) is 9.22. The number of fused-ring (bicyclic) bond motifs is 1. The van der Waals surface area contributed by atoms with Crippen LogP contribution in [0, 0.1) is 0 Å². The Hall–Kier alpha value is -3.46. The Morgan fingerprint density at radius 1 is 1.21 bits per heavy atom. The summed E-state index contributed by atoms with van der Waals surface area (Å²) in [7, 11) is 7.79. The first-order valence-electron chi connectivity index (χ1n) is 11.1. The molecular weight excluding hydrogens is 416 g/mol. The molecule has 0 bridgehead atoms.